The standard InChI is InChI=1S/C29H33N5O2/c1-2-16-33-28-25(31-26(32-28)22-10-6-7-11-22)27-30-23(18-34(27)29(33)35)17-20-12-14-24(15-13-20)36-19-21-8-4-3-5-9-21/h3-5,8-9,12-15,22-23,30H,2,6-7,10-11,16-19H2,1H3/t23-/m1/s1. The highest BCUT2D eigenvalue weighted by Crippen LogP contribution is 2.37. The Morgan fingerprint density at radius 1 is 1.00 bits per heavy atom. The lowest BCUT2D eigenvalue weighted by molar-refractivity contribution is 0.306. The van der Waals surface area contributed by atoms with Gasteiger partial charge in [-0.2, -0.15) is 0 Å². The number of hydrogen-bond acceptors (Lipinski definition) is 5. The molecule has 186 valence electrons. The monoisotopic (exact) mass is 483 g/mol. The number of rotatable bonds is 8. The third-order valence-corrected chi connectivity index (χ3v) is 7.44. The summed E-state index contributed by atoms with van der Waals surface area (Å²) in [6.07, 6.45) is 6.46. The predicted octanol–water partition coefficient (Wildman–Crippen LogP) is 5.23. The highest BCUT2D eigenvalue weighted by atomic mass is 16.5. The molecule has 1 N–H and O–H groups in total. The molecule has 1 aliphatic carbocycles. The maximum absolute atomic E-state index is 13.4. The van der Waals surface area contributed by atoms with Crippen molar-refractivity contribution in [2.75, 3.05) is 5.32 Å². The molecular weight excluding hydrogens is 450 g/mol. The zero-order valence-corrected chi connectivity index (χ0v) is 20.8. The van der Waals surface area contributed by atoms with E-state index in [1.54, 1.807) is 0 Å². The van der Waals surface area contributed by atoms with Gasteiger partial charge >= 0.3 is 5.69 Å². The Bertz CT molecular complexity index is 1350. The van der Waals surface area contributed by atoms with Crippen LogP contribution in [0.1, 0.15) is 61.9 Å². The average molecular weight is 484 g/mol. The van der Waals surface area contributed by atoms with E-state index in [0.717, 1.165) is 60.2 Å². The molecule has 2 aromatic carbocycles. The summed E-state index contributed by atoms with van der Waals surface area (Å²) in [7, 11) is 0. The Kier molecular flexibility index (Phi) is 6.21. The molecule has 0 aromatic heterocycles. The van der Waals surface area contributed by atoms with E-state index in [1.807, 2.05) is 39.5 Å². The normalized spacial score (nSPS) is 17.4. The molecule has 3 heterocycles. The first-order valence-corrected chi connectivity index (χ1v) is 13.2. The molecule has 0 saturated heterocycles. The van der Waals surface area contributed by atoms with E-state index in [2.05, 4.69) is 36.5 Å². The zero-order chi connectivity index (χ0) is 24.5. The minimum absolute atomic E-state index is 0.0110. The molecule has 0 radical (unpaired) electrons. The summed E-state index contributed by atoms with van der Waals surface area (Å²) in [4.78, 5) is 23.3. The number of aromatic nitrogens is 4. The quantitative estimate of drug-likeness (QED) is 0.372. The Balaban J connectivity index is 1.20. The van der Waals surface area contributed by atoms with Crippen LogP contribution in [0.5, 0.6) is 5.75 Å². The number of hydrogen-bond donors (Lipinski definition) is 1. The van der Waals surface area contributed by atoms with Crippen molar-refractivity contribution in [2.45, 2.75) is 77.1 Å². The predicted molar refractivity (Wildman–Crippen MR) is 141 cm³/mol. The van der Waals surface area contributed by atoms with Crippen LogP contribution in [0.25, 0.3) is 11.5 Å². The van der Waals surface area contributed by atoms with Crippen molar-refractivity contribution >= 4 is 5.82 Å². The van der Waals surface area contributed by atoms with Gasteiger partial charge in [0, 0.05) is 25.0 Å². The number of imidazole rings is 1. The number of benzene rings is 2. The largest absolute Gasteiger partial charge is 0.489 e. The lowest BCUT2D eigenvalue weighted by atomic mass is 10.1. The summed E-state index contributed by atoms with van der Waals surface area (Å²) in [6, 6.07) is 18.6. The van der Waals surface area contributed by atoms with Crippen LogP contribution in [-0.2, 0) is 26.1 Å². The third-order valence-electron chi connectivity index (χ3n) is 7.44. The van der Waals surface area contributed by atoms with Crippen LogP contribution in [0.3, 0.4) is 0 Å². The summed E-state index contributed by atoms with van der Waals surface area (Å²) in [5, 5.41) is 3.62. The van der Waals surface area contributed by atoms with Gasteiger partial charge in [-0.25, -0.2) is 14.8 Å². The van der Waals surface area contributed by atoms with E-state index in [-0.39, 0.29) is 11.7 Å². The number of ether oxygens (including phenoxy) is 1. The van der Waals surface area contributed by atoms with Gasteiger partial charge in [0.25, 0.3) is 0 Å². The maximum Gasteiger partial charge on any atom is 0.331 e. The summed E-state index contributed by atoms with van der Waals surface area (Å²) in [5.74, 6) is 3.76. The highest BCUT2D eigenvalue weighted by molar-refractivity contribution is 5.70. The Morgan fingerprint density at radius 2 is 1.78 bits per heavy atom. The molecule has 4 aliphatic rings. The molecule has 7 heteroatoms. The second-order valence-corrected chi connectivity index (χ2v) is 10.1. The van der Waals surface area contributed by atoms with Crippen molar-refractivity contribution in [1.29, 1.82) is 0 Å². The van der Waals surface area contributed by atoms with Gasteiger partial charge in [0.1, 0.15) is 29.7 Å². The first-order valence-electron chi connectivity index (χ1n) is 13.2. The molecule has 3 aliphatic heterocycles. The van der Waals surface area contributed by atoms with Crippen molar-refractivity contribution in [3.05, 3.63) is 82.0 Å². The second kappa shape index (κ2) is 9.80. The molecule has 0 amide bonds. The molecule has 7 nitrogen and oxygen atoms in total. The molecule has 2 aromatic rings. The van der Waals surface area contributed by atoms with Gasteiger partial charge < -0.3 is 10.1 Å². The van der Waals surface area contributed by atoms with Gasteiger partial charge in [-0.1, -0.05) is 62.2 Å². The Labute approximate surface area is 211 Å². The van der Waals surface area contributed by atoms with E-state index in [9.17, 15) is 4.79 Å². The number of anilines is 1. The zero-order valence-electron chi connectivity index (χ0n) is 20.8. The van der Waals surface area contributed by atoms with Crippen molar-refractivity contribution in [3.8, 4) is 17.3 Å². The van der Waals surface area contributed by atoms with Crippen LogP contribution in [-0.4, -0.2) is 25.1 Å². The molecule has 0 bridgehead atoms. The van der Waals surface area contributed by atoms with E-state index in [1.165, 1.54) is 18.4 Å². The fraction of sp³-hybridized carbons (Fsp3) is 0.414. The van der Waals surface area contributed by atoms with Crippen molar-refractivity contribution in [2.24, 2.45) is 0 Å². The maximum atomic E-state index is 13.4. The number of nitrogens with one attached hydrogen (secondary N) is 1. The molecule has 1 saturated carbocycles. The highest BCUT2D eigenvalue weighted by Gasteiger charge is 2.33. The van der Waals surface area contributed by atoms with E-state index in [4.69, 9.17) is 14.7 Å². The first kappa shape index (κ1) is 22.8. The van der Waals surface area contributed by atoms with Gasteiger partial charge in [0.2, 0.25) is 0 Å². The van der Waals surface area contributed by atoms with Gasteiger partial charge in [-0.15, -0.1) is 0 Å². The molecule has 1 atom stereocenters. The molecular formula is C29H33N5O2. The fourth-order valence-electron chi connectivity index (χ4n) is 5.59. The topological polar surface area (TPSA) is 74.0 Å². The van der Waals surface area contributed by atoms with Crippen molar-refractivity contribution in [3.63, 3.8) is 0 Å². The van der Waals surface area contributed by atoms with Gasteiger partial charge in [-0.05, 0) is 48.9 Å². The van der Waals surface area contributed by atoms with Gasteiger partial charge in [0.15, 0.2) is 5.82 Å². The average Bonchev–Trinajstić information content (AvgIpc) is 3.66. The van der Waals surface area contributed by atoms with E-state index >= 15 is 0 Å². The summed E-state index contributed by atoms with van der Waals surface area (Å²) >= 11 is 0. The van der Waals surface area contributed by atoms with Crippen LogP contribution in [0.2, 0.25) is 0 Å². The van der Waals surface area contributed by atoms with Crippen molar-refractivity contribution < 1.29 is 4.74 Å². The summed E-state index contributed by atoms with van der Waals surface area (Å²) in [5.41, 5.74) is 3.21. The molecule has 6 rings (SSSR count). The third kappa shape index (κ3) is 4.38. The Hall–Kier alpha value is -3.61. The number of nitrogens with zero attached hydrogens (tertiary/aromatic N) is 4. The summed E-state index contributed by atoms with van der Waals surface area (Å²) in [6.45, 7) is 3.94. The van der Waals surface area contributed by atoms with Crippen LogP contribution >= 0.6 is 0 Å². The van der Waals surface area contributed by atoms with Crippen LogP contribution in [0, 0.1) is 0 Å². The fourth-order valence-corrected chi connectivity index (χ4v) is 5.59. The second-order valence-electron chi connectivity index (χ2n) is 10.1. The molecule has 36 heavy (non-hydrogen) atoms. The molecule has 1 fully saturated rings. The van der Waals surface area contributed by atoms with Gasteiger partial charge in [-0.3, -0.25) is 9.13 Å². The molecule has 0 unspecified atom stereocenters. The lowest BCUT2D eigenvalue weighted by Crippen LogP contribution is -2.32. The minimum Gasteiger partial charge on any atom is -0.489 e. The van der Waals surface area contributed by atoms with Crippen LogP contribution < -0.4 is 15.7 Å². The molecule has 0 spiro atoms. The van der Waals surface area contributed by atoms with E-state index < -0.39 is 0 Å². The van der Waals surface area contributed by atoms with E-state index in [0.29, 0.717) is 25.6 Å². The summed E-state index contributed by atoms with van der Waals surface area (Å²) < 4.78 is 9.63. The SMILES string of the molecule is CCCn1c2nc(C3CCCC3)nc-2c2n(c1=O)C[C@@H](Cc1ccc(OCc3ccccc3)cc1)N2. The van der Waals surface area contributed by atoms with Crippen LogP contribution in [0.4, 0.5) is 5.82 Å². The van der Waals surface area contributed by atoms with Crippen LogP contribution in [0.15, 0.2) is 59.4 Å². The van der Waals surface area contributed by atoms with Crippen molar-refractivity contribution in [1.82, 2.24) is 19.1 Å². The minimum atomic E-state index is 0.0110. The van der Waals surface area contributed by atoms with Gasteiger partial charge in [0.05, 0.1) is 0 Å². The number of fused-ring (bicyclic) bond motifs is 3. The lowest BCUT2D eigenvalue weighted by Gasteiger charge is -2.13. The Morgan fingerprint density at radius 3 is 2.53 bits per heavy atom. The first-order chi connectivity index (χ1) is 17.7. The smallest absolute Gasteiger partial charge is 0.331 e.